The van der Waals surface area contributed by atoms with Gasteiger partial charge in [0.15, 0.2) is 0 Å². The average Bonchev–Trinajstić information content (AvgIpc) is 2.05. The molecule has 0 spiro atoms. The summed E-state index contributed by atoms with van der Waals surface area (Å²) >= 11 is 1.77. The van der Waals surface area contributed by atoms with E-state index in [-0.39, 0.29) is 5.97 Å². The highest BCUT2D eigenvalue weighted by atomic mass is 32.2. The lowest BCUT2D eigenvalue weighted by Crippen LogP contribution is -2.09. The van der Waals surface area contributed by atoms with E-state index in [1.165, 1.54) is 0 Å². The molecule has 4 heteroatoms. The summed E-state index contributed by atoms with van der Waals surface area (Å²) in [6.45, 7) is 5.14. The highest BCUT2D eigenvalue weighted by Gasteiger charge is 2.04. The van der Waals surface area contributed by atoms with Crippen LogP contribution in [0.3, 0.4) is 0 Å². The van der Waals surface area contributed by atoms with E-state index in [1.54, 1.807) is 11.8 Å². The average molecular weight is 205 g/mol. The molecular weight excluding hydrogens is 186 g/mol. The summed E-state index contributed by atoms with van der Waals surface area (Å²) < 4.78 is 4.81. The van der Waals surface area contributed by atoms with Crippen molar-refractivity contribution < 1.29 is 9.53 Å². The van der Waals surface area contributed by atoms with Crippen LogP contribution in [0, 0.1) is 0 Å². The zero-order chi connectivity index (χ0) is 10.1. The van der Waals surface area contributed by atoms with Crippen molar-refractivity contribution in [3.8, 4) is 0 Å². The van der Waals surface area contributed by atoms with Gasteiger partial charge >= 0.3 is 5.97 Å². The zero-order valence-electron chi connectivity index (χ0n) is 8.41. The molecule has 0 amide bonds. The minimum absolute atomic E-state index is 0.102. The Morgan fingerprint density at radius 3 is 2.85 bits per heavy atom. The molecule has 1 unspecified atom stereocenters. The first-order valence-corrected chi connectivity index (χ1v) is 5.72. The van der Waals surface area contributed by atoms with Gasteiger partial charge in [-0.05, 0) is 19.9 Å². The third-order valence-electron chi connectivity index (χ3n) is 1.59. The predicted molar refractivity (Wildman–Crippen MR) is 56.8 cm³/mol. The standard InChI is InChI=1S/C9H19NO2S/c1-3-12-9(11)5-7-13-8(2)4-6-10/h8H,3-7,10H2,1-2H3. The molecule has 0 aliphatic rings. The van der Waals surface area contributed by atoms with E-state index in [0.29, 0.717) is 24.8 Å². The molecule has 0 aromatic heterocycles. The number of carbonyl (C=O) groups is 1. The van der Waals surface area contributed by atoms with Gasteiger partial charge in [-0.25, -0.2) is 0 Å². The molecule has 0 aromatic carbocycles. The van der Waals surface area contributed by atoms with Crippen molar-refractivity contribution in [2.75, 3.05) is 18.9 Å². The Balaban J connectivity index is 3.28. The molecule has 1 atom stereocenters. The molecule has 13 heavy (non-hydrogen) atoms. The normalized spacial score (nSPS) is 12.5. The molecule has 0 aliphatic carbocycles. The van der Waals surface area contributed by atoms with Crippen molar-refractivity contribution in [2.45, 2.75) is 31.9 Å². The smallest absolute Gasteiger partial charge is 0.306 e. The first-order chi connectivity index (χ1) is 6.20. The molecule has 0 bridgehead atoms. The predicted octanol–water partition coefficient (Wildman–Crippen LogP) is 1.41. The molecule has 0 radical (unpaired) electrons. The second-order valence-electron chi connectivity index (χ2n) is 2.81. The minimum atomic E-state index is -0.102. The monoisotopic (exact) mass is 205 g/mol. The van der Waals surface area contributed by atoms with Gasteiger partial charge in [-0.2, -0.15) is 11.8 Å². The SMILES string of the molecule is CCOC(=O)CCSC(C)CCN. The summed E-state index contributed by atoms with van der Waals surface area (Å²) in [6, 6.07) is 0. The van der Waals surface area contributed by atoms with Crippen molar-refractivity contribution in [1.82, 2.24) is 0 Å². The lowest BCUT2D eigenvalue weighted by molar-refractivity contribution is -0.142. The van der Waals surface area contributed by atoms with Gasteiger partial charge < -0.3 is 10.5 Å². The first-order valence-electron chi connectivity index (χ1n) is 4.68. The van der Waals surface area contributed by atoms with Gasteiger partial charge in [0.25, 0.3) is 0 Å². The van der Waals surface area contributed by atoms with Gasteiger partial charge in [-0.15, -0.1) is 0 Å². The summed E-state index contributed by atoms with van der Waals surface area (Å²) in [5, 5.41) is 0.541. The van der Waals surface area contributed by atoms with Gasteiger partial charge in [0.1, 0.15) is 0 Å². The summed E-state index contributed by atoms with van der Waals surface area (Å²) in [4.78, 5) is 10.9. The summed E-state index contributed by atoms with van der Waals surface area (Å²) in [5.41, 5.74) is 5.40. The van der Waals surface area contributed by atoms with E-state index in [9.17, 15) is 4.79 Å². The van der Waals surface area contributed by atoms with Crippen LogP contribution in [0.2, 0.25) is 0 Å². The maximum atomic E-state index is 10.9. The number of thioether (sulfide) groups is 1. The Morgan fingerprint density at radius 2 is 2.31 bits per heavy atom. The van der Waals surface area contributed by atoms with Crippen molar-refractivity contribution in [2.24, 2.45) is 5.73 Å². The Morgan fingerprint density at radius 1 is 1.62 bits per heavy atom. The highest BCUT2D eigenvalue weighted by molar-refractivity contribution is 7.99. The second kappa shape index (κ2) is 8.38. The van der Waals surface area contributed by atoms with Gasteiger partial charge in [-0.1, -0.05) is 6.92 Å². The first kappa shape index (κ1) is 12.8. The topological polar surface area (TPSA) is 52.3 Å². The zero-order valence-corrected chi connectivity index (χ0v) is 9.23. The summed E-state index contributed by atoms with van der Waals surface area (Å²) in [6.07, 6.45) is 1.51. The van der Waals surface area contributed by atoms with Crippen LogP contribution >= 0.6 is 11.8 Å². The highest BCUT2D eigenvalue weighted by Crippen LogP contribution is 2.14. The van der Waals surface area contributed by atoms with Crippen LogP contribution in [0.5, 0.6) is 0 Å². The molecule has 0 aliphatic heterocycles. The molecular formula is C9H19NO2S. The van der Waals surface area contributed by atoms with Gasteiger partial charge in [0.05, 0.1) is 13.0 Å². The molecule has 0 saturated heterocycles. The number of hydrogen-bond acceptors (Lipinski definition) is 4. The molecule has 3 nitrogen and oxygen atoms in total. The molecule has 2 N–H and O–H groups in total. The lowest BCUT2D eigenvalue weighted by atomic mass is 10.3. The molecule has 0 saturated carbocycles. The van der Waals surface area contributed by atoms with Crippen LogP contribution in [0.4, 0.5) is 0 Å². The molecule has 0 aromatic rings. The van der Waals surface area contributed by atoms with Gasteiger partial charge in [-0.3, -0.25) is 4.79 Å². The largest absolute Gasteiger partial charge is 0.466 e. The number of nitrogens with two attached hydrogens (primary N) is 1. The third kappa shape index (κ3) is 8.12. The van der Waals surface area contributed by atoms with Crippen molar-refractivity contribution in [3.05, 3.63) is 0 Å². The second-order valence-corrected chi connectivity index (χ2v) is 4.36. The van der Waals surface area contributed by atoms with Crippen molar-refractivity contribution in [3.63, 3.8) is 0 Å². The van der Waals surface area contributed by atoms with Crippen molar-refractivity contribution >= 4 is 17.7 Å². The summed E-state index contributed by atoms with van der Waals surface area (Å²) in [5.74, 6) is 0.731. The van der Waals surface area contributed by atoms with E-state index >= 15 is 0 Å². The number of hydrogen-bond donors (Lipinski definition) is 1. The quantitative estimate of drug-likeness (QED) is 0.638. The maximum absolute atomic E-state index is 10.9. The number of esters is 1. The number of rotatable bonds is 7. The van der Waals surface area contributed by atoms with E-state index in [4.69, 9.17) is 10.5 Å². The molecule has 0 fully saturated rings. The van der Waals surface area contributed by atoms with Gasteiger partial charge in [0, 0.05) is 11.0 Å². The fraction of sp³-hybridized carbons (Fsp3) is 0.889. The Bertz CT molecular complexity index is 142. The number of carbonyl (C=O) groups excluding carboxylic acids is 1. The van der Waals surface area contributed by atoms with Gasteiger partial charge in [0.2, 0.25) is 0 Å². The third-order valence-corrected chi connectivity index (χ3v) is 2.83. The van der Waals surface area contributed by atoms with Crippen LogP contribution in [-0.4, -0.2) is 30.1 Å². The molecule has 0 rings (SSSR count). The maximum Gasteiger partial charge on any atom is 0.306 e. The van der Waals surface area contributed by atoms with Crippen molar-refractivity contribution in [1.29, 1.82) is 0 Å². The molecule has 78 valence electrons. The fourth-order valence-electron chi connectivity index (χ4n) is 0.895. The molecule has 0 heterocycles. The van der Waals surface area contributed by atoms with Crippen LogP contribution < -0.4 is 5.73 Å². The van der Waals surface area contributed by atoms with E-state index < -0.39 is 0 Å². The fourth-order valence-corrected chi connectivity index (χ4v) is 1.88. The Labute approximate surface area is 84.4 Å². The summed E-state index contributed by atoms with van der Waals surface area (Å²) in [7, 11) is 0. The minimum Gasteiger partial charge on any atom is -0.466 e. The van der Waals surface area contributed by atoms with Crippen LogP contribution in [0.1, 0.15) is 26.7 Å². The lowest BCUT2D eigenvalue weighted by Gasteiger charge is -2.08. The van der Waals surface area contributed by atoms with E-state index in [2.05, 4.69) is 6.92 Å². The van der Waals surface area contributed by atoms with E-state index in [1.807, 2.05) is 6.92 Å². The number of ether oxygens (including phenoxy) is 1. The Hall–Kier alpha value is -0.220. The van der Waals surface area contributed by atoms with Crippen LogP contribution in [0.15, 0.2) is 0 Å². The van der Waals surface area contributed by atoms with Crippen LogP contribution in [0.25, 0.3) is 0 Å². The Kier molecular flexibility index (Phi) is 8.24. The van der Waals surface area contributed by atoms with E-state index in [0.717, 1.165) is 12.2 Å². The van der Waals surface area contributed by atoms with Crippen LogP contribution in [-0.2, 0) is 9.53 Å².